The van der Waals surface area contributed by atoms with Crippen molar-refractivity contribution in [1.82, 2.24) is 15.2 Å². The molecule has 0 saturated heterocycles. The van der Waals surface area contributed by atoms with Gasteiger partial charge in [0.2, 0.25) is 5.89 Å². The summed E-state index contributed by atoms with van der Waals surface area (Å²) in [5, 5.41) is 10.7. The normalized spacial score (nSPS) is 10.4. The van der Waals surface area contributed by atoms with Gasteiger partial charge in [-0.3, -0.25) is 4.98 Å². The summed E-state index contributed by atoms with van der Waals surface area (Å²) < 4.78 is 10.5. The number of hydrogen-bond donors (Lipinski definition) is 1. The number of hydrogen-bond acceptors (Lipinski definition) is 6. The molecule has 6 heteroatoms. The Labute approximate surface area is 99.0 Å². The third-order valence-corrected chi connectivity index (χ3v) is 2.06. The van der Waals surface area contributed by atoms with Gasteiger partial charge in [0.05, 0.1) is 0 Å². The number of ether oxygens (including phenoxy) is 1. The molecule has 0 radical (unpaired) electrons. The molecule has 0 fully saturated rings. The molecule has 0 saturated carbocycles. The monoisotopic (exact) mass is 234 g/mol. The smallest absolute Gasteiger partial charge is 0.315 e. The average Bonchev–Trinajstić information content (AvgIpc) is 2.83. The van der Waals surface area contributed by atoms with Crippen molar-refractivity contribution in [1.29, 1.82) is 0 Å². The first-order chi connectivity index (χ1) is 8.38. The summed E-state index contributed by atoms with van der Waals surface area (Å²) in [5.41, 5.74) is 1.05. The molecule has 2 rings (SSSR count). The highest BCUT2D eigenvalue weighted by Crippen LogP contribution is 2.08. The predicted molar refractivity (Wildman–Crippen MR) is 61.2 cm³/mol. The minimum atomic E-state index is 0.345. The number of nitrogens with one attached hydrogen (secondary N) is 1. The van der Waals surface area contributed by atoms with Crippen LogP contribution in [0.5, 0.6) is 0 Å². The maximum atomic E-state index is 5.33. The van der Waals surface area contributed by atoms with Gasteiger partial charge in [-0.1, -0.05) is 11.2 Å². The van der Waals surface area contributed by atoms with Crippen LogP contribution in [0.4, 0.5) is 6.01 Å². The maximum absolute atomic E-state index is 5.33. The van der Waals surface area contributed by atoms with Crippen molar-refractivity contribution >= 4 is 6.01 Å². The van der Waals surface area contributed by atoms with E-state index in [9.17, 15) is 0 Å². The van der Waals surface area contributed by atoms with Gasteiger partial charge in [-0.15, -0.1) is 5.10 Å². The summed E-state index contributed by atoms with van der Waals surface area (Å²) in [5.74, 6) is 0.473. The van der Waals surface area contributed by atoms with Crippen molar-refractivity contribution in [2.45, 2.75) is 20.1 Å². The van der Waals surface area contributed by atoms with Crippen LogP contribution < -0.4 is 5.32 Å². The maximum Gasteiger partial charge on any atom is 0.315 e. The lowest BCUT2D eigenvalue weighted by atomic mass is 10.3. The van der Waals surface area contributed by atoms with Crippen LogP contribution in [0.15, 0.2) is 28.9 Å². The standard InChI is InChI=1S/C11H14N4O2/c1-2-16-8-10-14-15-11(17-10)13-7-9-4-3-5-12-6-9/h3-6H,2,7-8H2,1H3,(H,13,15). The zero-order valence-electron chi connectivity index (χ0n) is 9.59. The molecule has 2 heterocycles. The topological polar surface area (TPSA) is 73.1 Å². The zero-order chi connectivity index (χ0) is 11.9. The lowest BCUT2D eigenvalue weighted by Gasteiger charge is -2.00. The molecule has 0 spiro atoms. The van der Waals surface area contributed by atoms with Gasteiger partial charge in [-0.2, -0.15) is 0 Å². The molecule has 2 aromatic rings. The molecule has 90 valence electrons. The van der Waals surface area contributed by atoms with Gasteiger partial charge in [0.1, 0.15) is 6.61 Å². The lowest BCUT2D eigenvalue weighted by molar-refractivity contribution is 0.115. The van der Waals surface area contributed by atoms with Gasteiger partial charge in [0, 0.05) is 25.5 Å². The fraction of sp³-hybridized carbons (Fsp3) is 0.364. The van der Waals surface area contributed by atoms with Crippen LogP contribution in [-0.2, 0) is 17.9 Å². The summed E-state index contributed by atoms with van der Waals surface area (Å²) in [7, 11) is 0. The van der Waals surface area contributed by atoms with E-state index in [4.69, 9.17) is 9.15 Å². The molecule has 0 atom stereocenters. The Morgan fingerprint density at radius 2 is 2.35 bits per heavy atom. The molecule has 0 bridgehead atoms. The van der Waals surface area contributed by atoms with Crippen LogP contribution in [0.2, 0.25) is 0 Å². The molecule has 2 aromatic heterocycles. The largest absolute Gasteiger partial charge is 0.406 e. The van der Waals surface area contributed by atoms with E-state index >= 15 is 0 Å². The van der Waals surface area contributed by atoms with Gasteiger partial charge >= 0.3 is 6.01 Å². The molecule has 0 unspecified atom stereocenters. The minimum Gasteiger partial charge on any atom is -0.406 e. The van der Waals surface area contributed by atoms with Crippen molar-refractivity contribution < 1.29 is 9.15 Å². The number of pyridine rings is 1. The molecular weight excluding hydrogens is 220 g/mol. The molecule has 0 aliphatic heterocycles. The highest BCUT2D eigenvalue weighted by Gasteiger charge is 2.04. The van der Waals surface area contributed by atoms with E-state index in [0.717, 1.165) is 5.56 Å². The second-order valence-electron chi connectivity index (χ2n) is 3.35. The van der Waals surface area contributed by atoms with Crippen molar-refractivity contribution in [2.75, 3.05) is 11.9 Å². The van der Waals surface area contributed by atoms with Crippen molar-refractivity contribution in [3.05, 3.63) is 36.0 Å². The second-order valence-corrected chi connectivity index (χ2v) is 3.35. The fourth-order valence-electron chi connectivity index (χ4n) is 1.25. The van der Waals surface area contributed by atoms with E-state index in [1.807, 2.05) is 19.1 Å². The third kappa shape index (κ3) is 3.53. The van der Waals surface area contributed by atoms with E-state index in [0.29, 0.717) is 31.7 Å². The SMILES string of the molecule is CCOCc1nnc(NCc2cccnc2)o1. The zero-order valence-corrected chi connectivity index (χ0v) is 9.59. The van der Waals surface area contributed by atoms with E-state index in [2.05, 4.69) is 20.5 Å². The first-order valence-electron chi connectivity index (χ1n) is 5.41. The van der Waals surface area contributed by atoms with Crippen LogP contribution in [-0.4, -0.2) is 21.8 Å². The first kappa shape index (κ1) is 11.5. The molecule has 0 aliphatic carbocycles. The van der Waals surface area contributed by atoms with Gasteiger partial charge in [0.25, 0.3) is 0 Å². The average molecular weight is 234 g/mol. The molecule has 0 amide bonds. The summed E-state index contributed by atoms with van der Waals surface area (Å²) in [6.45, 7) is 3.49. The summed E-state index contributed by atoms with van der Waals surface area (Å²) in [6, 6.07) is 4.24. The Morgan fingerprint density at radius 1 is 1.41 bits per heavy atom. The number of anilines is 1. The molecular formula is C11H14N4O2. The van der Waals surface area contributed by atoms with Crippen molar-refractivity contribution in [3.63, 3.8) is 0 Å². The Kier molecular flexibility index (Phi) is 4.04. The van der Waals surface area contributed by atoms with Crippen LogP contribution >= 0.6 is 0 Å². The quantitative estimate of drug-likeness (QED) is 0.818. The highest BCUT2D eigenvalue weighted by molar-refractivity contribution is 5.21. The van der Waals surface area contributed by atoms with Gasteiger partial charge in [0.15, 0.2) is 0 Å². The Hall–Kier alpha value is -1.95. The Balaban J connectivity index is 1.85. The predicted octanol–water partition coefficient (Wildman–Crippen LogP) is 1.61. The molecule has 17 heavy (non-hydrogen) atoms. The first-order valence-corrected chi connectivity index (χ1v) is 5.41. The molecule has 0 aliphatic rings. The van der Waals surface area contributed by atoms with Gasteiger partial charge < -0.3 is 14.5 Å². The van der Waals surface area contributed by atoms with Crippen molar-refractivity contribution in [3.8, 4) is 0 Å². The van der Waals surface area contributed by atoms with E-state index < -0.39 is 0 Å². The Bertz CT molecular complexity index is 444. The summed E-state index contributed by atoms with van der Waals surface area (Å²) in [4.78, 5) is 4.02. The van der Waals surface area contributed by atoms with E-state index in [1.54, 1.807) is 12.4 Å². The van der Waals surface area contributed by atoms with Crippen LogP contribution in [0.25, 0.3) is 0 Å². The second kappa shape index (κ2) is 5.95. The summed E-state index contributed by atoms with van der Waals surface area (Å²) >= 11 is 0. The number of nitrogens with zero attached hydrogens (tertiary/aromatic N) is 3. The van der Waals surface area contributed by atoms with Crippen molar-refractivity contribution in [2.24, 2.45) is 0 Å². The molecule has 0 aromatic carbocycles. The lowest BCUT2D eigenvalue weighted by Crippen LogP contribution is -1.99. The number of aromatic nitrogens is 3. The molecule has 1 N–H and O–H groups in total. The fourth-order valence-corrected chi connectivity index (χ4v) is 1.25. The van der Waals surface area contributed by atoms with E-state index in [-0.39, 0.29) is 0 Å². The number of rotatable bonds is 6. The van der Waals surface area contributed by atoms with Crippen LogP contribution in [0, 0.1) is 0 Å². The Morgan fingerprint density at radius 3 is 3.12 bits per heavy atom. The third-order valence-electron chi connectivity index (χ3n) is 2.06. The van der Waals surface area contributed by atoms with Gasteiger partial charge in [-0.25, -0.2) is 0 Å². The van der Waals surface area contributed by atoms with E-state index in [1.165, 1.54) is 0 Å². The highest BCUT2D eigenvalue weighted by atomic mass is 16.5. The van der Waals surface area contributed by atoms with Crippen LogP contribution in [0.3, 0.4) is 0 Å². The summed E-state index contributed by atoms with van der Waals surface area (Å²) in [6.07, 6.45) is 3.51. The van der Waals surface area contributed by atoms with Gasteiger partial charge in [-0.05, 0) is 18.6 Å². The minimum absolute atomic E-state index is 0.345. The van der Waals surface area contributed by atoms with Crippen LogP contribution in [0.1, 0.15) is 18.4 Å². The molecule has 6 nitrogen and oxygen atoms in total.